The number of aryl methyl sites for hydroxylation is 1. The second-order valence-electron chi connectivity index (χ2n) is 6.03. The molecule has 0 aliphatic carbocycles. The van der Waals surface area contributed by atoms with Gasteiger partial charge in [-0.3, -0.25) is 4.99 Å². The van der Waals surface area contributed by atoms with Gasteiger partial charge in [0.15, 0.2) is 5.96 Å². The van der Waals surface area contributed by atoms with Crippen LogP contribution in [0.15, 0.2) is 35.3 Å². The monoisotopic (exact) mass is 486 g/mol. The molecule has 0 radical (unpaired) electrons. The van der Waals surface area contributed by atoms with Gasteiger partial charge in [0.25, 0.3) is 0 Å². The summed E-state index contributed by atoms with van der Waals surface area (Å²) in [5.41, 5.74) is 1.35. The minimum atomic E-state index is 0. The summed E-state index contributed by atoms with van der Waals surface area (Å²) >= 11 is 1.51. The zero-order valence-corrected chi connectivity index (χ0v) is 18.5. The van der Waals surface area contributed by atoms with Crippen LogP contribution in [0.1, 0.15) is 18.3 Å². The normalized spacial score (nSPS) is 14.9. The molecule has 3 rings (SSSR count). The maximum Gasteiger partial charge on any atom is 0.205 e. The zero-order chi connectivity index (χ0) is 17.5. The Morgan fingerprint density at radius 2 is 1.92 bits per heavy atom. The Labute approximate surface area is 176 Å². The van der Waals surface area contributed by atoms with Crippen LogP contribution in [0, 0.1) is 0 Å². The Bertz CT molecular complexity index is 682. The van der Waals surface area contributed by atoms with Gasteiger partial charge in [0.05, 0.1) is 0 Å². The number of anilines is 1. The molecule has 2 aromatic rings. The van der Waals surface area contributed by atoms with Crippen LogP contribution in [0.25, 0.3) is 0 Å². The largest absolute Gasteiger partial charge is 0.356 e. The molecule has 1 saturated heterocycles. The number of halogens is 1. The molecule has 0 unspecified atom stereocenters. The zero-order valence-electron chi connectivity index (χ0n) is 15.4. The molecule has 2 heterocycles. The van der Waals surface area contributed by atoms with Crippen molar-refractivity contribution >= 4 is 46.6 Å². The van der Waals surface area contributed by atoms with Crippen molar-refractivity contribution in [2.24, 2.45) is 4.99 Å². The smallest absolute Gasteiger partial charge is 0.205 e. The third-order valence-corrected chi connectivity index (χ3v) is 5.19. The molecular weight excluding hydrogens is 459 g/mol. The number of benzene rings is 1. The number of hydrogen-bond donors (Lipinski definition) is 1. The molecule has 142 valence electrons. The lowest BCUT2D eigenvalue weighted by Crippen LogP contribution is -2.52. The fraction of sp³-hybridized carbons (Fsp3) is 0.500. The quantitative estimate of drug-likeness (QED) is 0.400. The first-order valence-electron chi connectivity index (χ1n) is 8.87. The standard InChI is InChI=1S/C18H26N6S.HI/c1-3-16-21-18(25-22-16)24-13-11-23(12-14-24)17(19-2)20-10-9-15-7-5-4-6-8-15;/h4-8H,3,9-14H2,1-2H3,(H,19,20);1H. The minimum absolute atomic E-state index is 0. The van der Waals surface area contributed by atoms with Gasteiger partial charge in [0, 0.05) is 57.7 Å². The summed E-state index contributed by atoms with van der Waals surface area (Å²) in [4.78, 5) is 13.7. The highest BCUT2D eigenvalue weighted by Crippen LogP contribution is 2.19. The van der Waals surface area contributed by atoms with Gasteiger partial charge in [0.1, 0.15) is 5.82 Å². The van der Waals surface area contributed by atoms with E-state index in [9.17, 15) is 0 Å². The molecule has 26 heavy (non-hydrogen) atoms. The highest BCUT2D eigenvalue weighted by molar-refractivity contribution is 14.0. The molecule has 0 spiro atoms. The number of rotatable bonds is 5. The van der Waals surface area contributed by atoms with E-state index in [1.165, 1.54) is 17.1 Å². The summed E-state index contributed by atoms with van der Waals surface area (Å²) in [6, 6.07) is 10.5. The van der Waals surface area contributed by atoms with E-state index in [-0.39, 0.29) is 24.0 Å². The number of piperazine rings is 1. The third-order valence-electron chi connectivity index (χ3n) is 4.37. The number of aliphatic imine (C=N–C) groups is 1. The second kappa shape index (κ2) is 10.7. The van der Waals surface area contributed by atoms with E-state index in [4.69, 9.17) is 0 Å². The van der Waals surface area contributed by atoms with Gasteiger partial charge in [-0.2, -0.15) is 4.37 Å². The fourth-order valence-electron chi connectivity index (χ4n) is 2.92. The first-order chi connectivity index (χ1) is 12.3. The van der Waals surface area contributed by atoms with Crippen molar-refractivity contribution in [1.29, 1.82) is 0 Å². The Morgan fingerprint density at radius 3 is 2.54 bits per heavy atom. The number of nitrogens with one attached hydrogen (secondary N) is 1. The predicted octanol–water partition coefficient (Wildman–Crippen LogP) is 2.66. The summed E-state index contributed by atoms with van der Waals surface area (Å²) < 4.78 is 4.39. The Hall–Kier alpha value is -1.42. The molecule has 1 fully saturated rings. The number of guanidine groups is 1. The van der Waals surface area contributed by atoms with E-state index >= 15 is 0 Å². The molecule has 1 aromatic carbocycles. The Morgan fingerprint density at radius 1 is 1.19 bits per heavy atom. The van der Waals surface area contributed by atoms with Crippen LogP contribution in [0.2, 0.25) is 0 Å². The molecule has 1 N–H and O–H groups in total. The van der Waals surface area contributed by atoms with Crippen molar-refractivity contribution in [3.05, 3.63) is 41.7 Å². The first-order valence-corrected chi connectivity index (χ1v) is 9.64. The first kappa shape index (κ1) is 20.9. The van der Waals surface area contributed by atoms with Crippen molar-refractivity contribution in [3.8, 4) is 0 Å². The van der Waals surface area contributed by atoms with Crippen LogP contribution in [0.3, 0.4) is 0 Å². The number of nitrogens with zero attached hydrogens (tertiary/aromatic N) is 5. The van der Waals surface area contributed by atoms with Crippen LogP contribution in [-0.4, -0.2) is 60.0 Å². The van der Waals surface area contributed by atoms with E-state index in [1.807, 2.05) is 7.05 Å². The maximum absolute atomic E-state index is 4.59. The third kappa shape index (κ3) is 5.54. The van der Waals surface area contributed by atoms with Crippen molar-refractivity contribution in [2.45, 2.75) is 19.8 Å². The molecule has 1 aromatic heterocycles. The number of hydrogen-bond acceptors (Lipinski definition) is 5. The lowest BCUT2D eigenvalue weighted by atomic mass is 10.1. The lowest BCUT2D eigenvalue weighted by Gasteiger charge is -2.36. The second-order valence-corrected chi connectivity index (χ2v) is 6.76. The summed E-state index contributed by atoms with van der Waals surface area (Å²) in [7, 11) is 1.86. The fourth-order valence-corrected chi connectivity index (χ4v) is 3.72. The maximum atomic E-state index is 4.59. The average molecular weight is 486 g/mol. The summed E-state index contributed by atoms with van der Waals surface area (Å²) in [5.74, 6) is 1.93. The van der Waals surface area contributed by atoms with Crippen LogP contribution in [0.5, 0.6) is 0 Å². The van der Waals surface area contributed by atoms with E-state index in [2.05, 4.69) is 66.7 Å². The Kier molecular flexibility index (Phi) is 8.56. The van der Waals surface area contributed by atoms with Crippen LogP contribution < -0.4 is 10.2 Å². The minimum Gasteiger partial charge on any atom is -0.356 e. The molecule has 0 amide bonds. The summed E-state index contributed by atoms with van der Waals surface area (Å²) in [6.45, 7) is 6.80. The van der Waals surface area contributed by atoms with Crippen molar-refractivity contribution in [3.63, 3.8) is 0 Å². The van der Waals surface area contributed by atoms with Gasteiger partial charge in [-0.1, -0.05) is 37.3 Å². The molecule has 0 bridgehead atoms. The Balaban J connectivity index is 0.00000243. The molecule has 8 heteroatoms. The summed E-state index contributed by atoms with van der Waals surface area (Å²) in [5, 5.41) is 4.53. The molecule has 1 aliphatic heterocycles. The lowest BCUT2D eigenvalue weighted by molar-refractivity contribution is 0.372. The van der Waals surface area contributed by atoms with E-state index in [0.29, 0.717) is 0 Å². The van der Waals surface area contributed by atoms with Crippen molar-refractivity contribution in [2.75, 3.05) is 44.7 Å². The van der Waals surface area contributed by atoms with Gasteiger partial charge in [-0.05, 0) is 12.0 Å². The molecular formula is C18H27IN6S. The van der Waals surface area contributed by atoms with Gasteiger partial charge in [-0.25, -0.2) is 4.98 Å². The van der Waals surface area contributed by atoms with Gasteiger partial charge in [-0.15, -0.1) is 24.0 Å². The van der Waals surface area contributed by atoms with Crippen LogP contribution in [0.4, 0.5) is 5.13 Å². The van der Waals surface area contributed by atoms with E-state index in [0.717, 1.165) is 62.5 Å². The molecule has 0 saturated carbocycles. The highest BCUT2D eigenvalue weighted by Gasteiger charge is 2.21. The molecule has 0 atom stereocenters. The van der Waals surface area contributed by atoms with Gasteiger partial charge < -0.3 is 15.1 Å². The number of aromatic nitrogens is 2. The SMILES string of the molecule is CCc1nsc(N2CCN(C(=NC)NCCc3ccccc3)CC2)n1.I. The van der Waals surface area contributed by atoms with Gasteiger partial charge in [0.2, 0.25) is 5.13 Å². The van der Waals surface area contributed by atoms with Crippen LogP contribution in [-0.2, 0) is 12.8 Å². The average Bonchev–Trinajstić information content (AvgIpc) is 3.16. The van der Waals surface area contributed by atoms with Gasteiger partial charge >= 0.3 is 0 Å². The highest BCUT2D eigenvalue weighted by atomic mass is 127. The van der Waals surface area contributed by atoms with Crippen molar-refractivity contribution in [1.82, 2.24) is 19.6 Å². The van der Waals surface area contributed by atoms with E-state index in [1.54, 1.807) is 0 Å². The van der Waals surface area contributed by atoms with Crippen molar-refractivity contribution < 1.29 is 0 Å². The topological polar surface area (TPSA) is 56.7 Å². The molecule has 1 aliphatic rings. The predicted molar refractivity (Wildman–Crippen MR) is 120 cm³/mol. The van der Waals surface area contributed by atoms with E-state index < -0.39 is 0 Å². The van der Waals surface area contributed by atoms with Crippen LogP contribution >= 0.6 is 35.5 Å². The summed E-state index contributed by atoms with van der Waals surface area (Å²) in [6.07, 6.45) is 1.90. The molecule has 6 nitrogen and oxygen atoms in total.